The van der Waals surface area contributed by atoms with Crippen LogP contribution in [0.5, 0.6) is 0 Å². The number of rotatable bonds is 2. The fourth-order valence-electron chi connectivity index (χ4n) is 8.75. The van der Waals surface area contributed by atoms with E-state index in [2.05, 4.69) is 0 Å². The van der Waals surface area contributed by atoms with E-state index in [9.17, 15) is 19.8 Å². The maximum absolute atomic E-state index is 11.4. The zero-order valence-corrected chi connectivity index (χ0v) is 15.7. The highest BCUT2D eigenvalue weighted by Gasteiger charge is 2.63. The van der Waals surface area contributed by atoms with Crippen LogP contribution >= 0.6 is 0 Å². The lowest BCUT2D eigenvalue weighted by Gasteiger charge is -2.58. The third-order valence-electron chi connectivity index (χ3n) is 8.97. The number of hydrogen-bond donors (Lipinski definition) is 2. The van der Waals surface area contributed by atoms with E-state index >= 15 is 0 Å². The molecule has 0 unspecified atom stereocenters. The van der Waals surface area contributed by atoms with Crippen molar-refractivity contribution in [1.82, 2.24) is 0 Å². The van der Waals surface area contributed by atoms with Crippen molar-refractivity contribution < 1.29 is 19.8 Å². The normalized spacial score (nSPS) is 52.5. The number of aliphatic carboxylic acids is 2. The molecule has 8 saturated carbocycles. The molecule has 26 heavy (non-hydrogen) atoms. The van der Waals surface area contributed by atoms with E-state index in [1.165, 1.54) is 23.7 Å². The van der Waals surface area contributed by atoms with Crippen molar-refractivity contribution in [2.24, 2.45) is 46.3 Å². The van der Waals surface area contributed by atoms with E-state index in [0.29, 0.717) is 43.9 Å². The van der Waals surface area contributed by atoms with Crippen LogP contribution in [-0.4, -0.2) is 22.2 Å². The summed E-state index contributed by atoms with van der Waals surface area (Å²) in [7, 11) is 0. The first-order chi connectivity index (χ1) is 12.4. The largest absolute Gasteiger partial charge is 0.481 e. The second-order valence-electron chi connectivity index (χ2n) is 11.0. The predicted octanol–water partition coefficient (Wildman–Crippen LogP) is 4.57. The fourth-order valence-corrected chi connectivity index (χ4v) is 8.75. The third kappa shape index (κ3) is 2.62. The molecular formula is C22H32O4. The van der Waals surface area contributed by atoms with Gasteiger partial charge in [0.05, 0.1) is 10.8 Å². The van der Waals surface area contributed by atoms with Gasteiger partial charge in [0.15, 0.2) is 0 Å². The Morgan fingerprint density at radius 1 is 0.538 bits per heavy atom. The van der Waals surface area contributed by atoms with Crippen molar-refractivity contribution in [3.63, 3.8) is 0 Å². The van der Waals surface area contributed by atoms with Gasteiger partial charge in [-0.3, -0.25) is 9.59 Å². The van der Waals surface area contributed by atoms with E-state index in [1.807, 2.05) is 0 Å². The summed E-state index contributed by atoms with van der Waals surface area (Å²) in [6, 6.07) is 0. The first-order valence-corrected chi connectivity index (χ1v) is 10.8. The zero-order valence-electron chi connectivity index (χ0n) is 15.7. The third-order valence-corrected chi connectivity index (χ3v) is 8.97. The van der Waals surface area contributed by atoms with Gasteiger partial charge in [-0.2, -0.15) is 0 Å². The SMILES string of the molecule is C1C2CC3CC1CC(C2)C3.O=C(O)C12CC3CC(C1)CC(C(=O)O)(C3)C2. The standard InChI is InChI=1S/C12H16O4.C10H16/c13-9(14)11-2-7-1-8(4-11)5-12(3-7,6-11)10(15)16;1-7-2-9-4-8(1)5-10(3-7)6-9/h7-8H,1-6H2,(H,13,14)(H,15,16);7-10H,1-6H2. The fraction of sp³-hybridized carbons (Fsp3) is 0.909. The lowest BCUT2D eigenvalue weighted by Crippen LogP contribution is -2.57. The smallest absolute Gasteiger partial charge is 0.309 e. The minimum atomic E-state index is -0.771. The summed E-state index contributed by atoms with van der Waals surface area (Å²) in [5.41, 5.74) is -1.44. The summed E-state index contributed by atoms with van der Waals surface area (Å²) in [5, 5.41) is 18.8. The van der Waals surface area contributed by atoms with Gasteiger partial charge < -0.3 is 10.2 Å². The van der Waals surface area contributed by atoms with Gasteiger partial charge >= 0.3 is 11.9 Å². The van der Waals surface area contributed by atoms with E-state index in [-0.39, 0.29) is 0 Å². The van der Waals surface area contributed by atoms with Crippen molar-refractivity contribution in [1.29, 1.82) is 0 Å². The molecule has 0 saturated heterocycles. The number of carboxylic acids is 2. The van der Waals surface area contributed by atoms with E-state index in [4.69, 9.17) is 0 Å². The Morgan fingerprint density at radius 2 is 0.808 bits per heavy atom. The van der Waals surface area contributed by atoms with E-state index in [1.54, 1.807) is 38.5 Å². The average molecular weight is 360 g/mol. The Balaban J connectivity index is 0.000000127. The molecule has 0 aromatic rings. The van der Waals surface area contributed by atoms with Crippen LogP contribution in [0.15, 0.2) is 0 Å². The molecule has 8 fully saturated rings. The number of hydrogen-bond acceptors (Lipinski definition) is 2. The molecule has 0 aromatic carbocycles. The van der Waals surface area contributed by atoms with Crippen LogP contribution in [0.3, 0.4) is 0 Å². The van der Waals surface area contributed by atoms with Crippen molar-refractivity contribution in [2.75, 3.05) is 0 Å². The molecular weight excluding hydrogens is 328 g/mol. The Bertz CT molecular complexity index is 521. The first-order valence-electron chi connectivity index (χ1n) is 10.8. The zero-order chi connectivity index (χ0) is 18.1. The molecule has 8 aliphatic carbocycles. The molecule has 0 amide bonds. The Kier molecular flexibility index (Phi) is 3.75. The highest BCUT2D eigenvalue weighted by Crippen LogP contribution is 2.65. The van der Waals surface area contributed by atoms with Gasteiger partial charge in [-0.05, 0) is 113 Å². The summed E-state index contributed by atoms with van der Waals surface area (Å²) < 4.78 is 0. The molecule has 2 N–H and O–H groups in total. The quantitative estimate of drug-likeness (QED) is 0.756. The molecule has 0 atom stereocenters. The Labute approximate surface area is 155 Å². The molecule has 8 bridgehead atoms. The van der Waals surface area contributed by atoms with Crippen LogP contribution in [-0.2, 0) is 9.59 Å². The summed E-state index contributed by atoms with van der Waals surface area (Å²) in [4.78, 5) is 22.8. The molecule has 8 aliphatic rings. The lowest BCUT2D eigenvalue weighted by molar-refractivity contribution is -0.187. The molecule has 0 heterocycles. The maximum atomic E-state index is 11.4. The number of carboxylic acid groups (broad SMARTS) is 2. The van der Waals surface area contributed by atoms with Gasteiger partial charge in [-0.25, -0.2) is 0 Å². The second-order valence-corrected chi connectivity index (χ2v) is 11.0. The lowest BCUT2D eigenvalue weighted by atomic mass is 9.44. The molecule has 0 spiro atoms. The van der Waals surface area contributed by atoms with Crippen molar-refractivity contribution in [3.05, 3.63) is 0 Å². The molecule has 144 valence electrons. The molecule has 0 aromatic heterocycles. The van der Waals surface area contributed by atoms with Gasteiger partial charge in [-0.15, -0.1) is 0 Å². The highest BCUT2D eigenvalue weighted by molar-refractivity contribution is 5.81. The maximum Gasteiger partial charge on any atom is 0.309 e. The molecule has 0 radical (unpaired) electrons. The van der Waals surface area contributed by atoms with Crippen LogP contribution < -0.4 is 0 Å². The van der Waals surface area contributed by atoms with E-state index in [0.717, 1.165) is 6.42 Å². The molecule has 0 aliphatic heterocycles. The number of carbonyl (C=O) groups is 2. The predicted molar refractivity (Wildman–Crippen MR) is 96.5 cm³/mol. The first kappa shape index (κ1) is 17.1. The van der Waals surface area contributed by atoms with Gasteiger partial charge in [0, 0.05) is 0 Å². The minimum absolute atomic E-state index is 0.327. The molecule has 4 heteroatoms. The van der Waals surface area contributed by atoms with E-state index < -0.39 is 22.8 Å². The van der Waals surface area contributed by atoms with Crippen LogP contribution in [0, 0.1) is 46.3 Å². The summed E-state index contributed by atoms with van der Waals surface area (Å²) in [6.07, 6.45) is 13.8. The van der Waals surface area contributed by atoms with Crippen LogP contribution in [0.1, 0.15) is 77.0 Å². The van der Waals surface area contributed by atoms with Crippen molar-refractivity contribution in [2.45, 2.75) is 77.0 Å². The summed E-state index contributed by atoms with van der Waals surface area (Å²) in [6.45, 7) is 0. The van der Waals surface area contributed by atoms with Gasteiger partial charge in [0.1, 0.15) is 0 Å². The Hall–Kier alpha value is -1.06. The monoisotopic (exact) mass is 360 g/mol. The minimum Gasteiger partial charge on any atom is -0.481 e. The second kappa shape index (κ2) is 5.72. The van der Waals surface area contributed by atoms with Crippen LogP contribution in [0.4, 0.5) is 0 Å². The Morgan fingerprint density at radius 3 is 1.08 bits per heavy atom. The van der Waals surface area contributed by atoms with Gasteiger partial charge in [0.25, 0.3) is 0 Å². The van der Waals surface area contributed by atoms with Crippen molar-refractivity contribution in [3.8, 4) is 0 Å². The topological polar surface area (TPSA) is 74.6 Å². The average Bonchev–Trinajstić information content (AvgIpc) is 2.52. The highest BCUT2D eigenvalue weighted by atomic mass is 16.4. The van der Waals surface area contributed by atoms with Crippen molar-refractivity contribution >= 4 is 11.9 Å². The van der Waals surface area contributed by atoms with Gasteiger partial charge in [0.2, 0.25) is 0 Å². The van der Waals surface area contributed by atoms with Crippen LogP contribution in [0.25, 0.3) is 0 Å². The molecule has 4 nitrogen and oxygen atoms in total. The summed E-state index contributed by atoms with van der Waals surface area (Å²) >= 11 is 0. The summed E-state index contributed by atoms with van der Waals surface area (Å²) in [5.74, 6) is 3.82. The van der Waals surface area contributed by atoms with Gasteiger partial charge in [-0.1, -0.05) is 0 Å². The van der Waals surface area contributed by atoms with Crippen LogP contribution in [0.2, 0.25) is 0 Å². The molecule has 8 rings (SSSR count).